The zero-order valence-electron chi connectivity index (χ0n) is 19.0. The van der Waals surface area contributed by atoms with Crippen molar-refractivity contribution in [2.75, 3.05) is 6.61 Å². The van der Waals surface area contributed by atoms with Gasteiger partial charge in [0.2, 0.25) is 5.91 Å². The molecule has 0 saturated carbocycles. The molecule has 172 valence electrons. The molecular weight excluding hydrogens is 416 g/mol. The number of β-lactam (4-membered cyclic amide) rings is 1. The van der Waals surface area contributed by atoms with E-state index < -0.39 is 24.2 Å². The van der Waals surface area contributed by atoms with Crippen LogP contribution in [-0.4, -0.2) is 36.4 Å². The smallest absolute Gasteiger partial charge is 0.327 e. The standard InChI is InChI=1S/C26H30N4O3/c1-4-18(17-22(27)28-3)16-21-24(31)30(25(21)33-5-2)26(32)29-23(19-12-8-6-9-13-19)20-14-10-7-11-15-20/h4,6-15,17,21,23,25H,3,5,16,27H2,1-2H3,(H,29,32)/b18-4-,22-17-/t21-,25+/m0/s1. The minimum atomic E-state index is -0.657. The first-order valence-corrected chi connectivity index (χ1v) is 10.9. The first-order valence-electron chi connectivity index (χ1n) is 10.9. The number of carbonyl (C=O) groups is 2. The highest BCUT2D eigenvalue weighted by Gasteiger charge is 2.51. The third-order valence-electron chi connectivity index (χ3n) is 5.59. The largest absolute Gasteiger partial charge is 0.384 e. The van der Waals surface area contributed by atoms with Gasteiger partial charge in [-0.15, -0.1) is 0 Å². The van der Waals surface area contributed by atoms with E-state index in [0.717, 1.165) is 16.7 Å². The van der Waals surface area contributed by atoms with Crippen molar-refractivity contribution in [3.8, 4) is 0 Å². The number of nitrogens with zero attached hydrogens (tertiary/aromatic N) is 2. The molecule has 3 N–H and O–H groups in total. The van der Waals surface area contributed by atoms with Crippen LogP contribution in [0.25, 0.3) is 0 Å². The first-order chi connectivity index (χ1) is 16.0. The number of allylic oxidation sites excluding steroid dienone is 3. The number of rotatable bonds is 9. The number of ether oxygens (including phenoxy) is 1. The predicted molar refractivity (Wildman–Crippen MR) is 129 cm³/mol. The highest BCUT2D eigenvalue weighted by Crippen LogP contribution is 2.34. The van der Waals surface area contributed by atoms with E-state index in [4.69, 9.17) is 10.5 Å². The van der Waals surface area contributed by atoms with E-state index >= 15 is 0 Å². The minimum absolute atomic E-state index is 0.269. The van der Waals surface area contributed by atoms with Gasteiger partial charge in [0.1, 0.15) is 5.82 Å². The number of carbonyl (C=O) groups excluding carboxylic acids is 2. The number of urea groups is 1. The number of likely N-dealkylation sites (tertiary alicyclic amines) is 1. The Morgan fingerprint density at radius 3 is 2.24 bits per heavy atom. The van der Waals surface area contributed by atoms with Crippen LogP contribution in [0.3, 0.4) is 0 Å². The molecule has 1 fully saturated rings. The van der Waals surface area contributed by atoms with Crippen molar-refractivity contribution in [1.82, 2.24) is 10.2 Å². The van der Waals surface area contributed by atoms with Crippen molar-refractivity contribution < 1.29 is 14.3 Å². The monoisotopic (exact) mass is 446 g/mol. The molecule has 1 heterocycles. The molecule has 7 nitrogen and oxygen atoms in total. The molecule has 0 radical (unpaired) electrons. The zero-order chi connectivity index (χ0) is 23.8. The fourth-order valence-electron chi connectivity index (χ4n) is 3.88. The Labute approximate surface area is 194 Å². The Morgan fingerprint density at radius 1 is 1.18 bits per heavy atom. The van der Waals surface area contributed by atoms with E-state index in [2.05, 4.69) is 17.0 Å². The van der Waals surface area contributed by atoms with Gasteiger partial charge in [-0.05, 0) is 49.8 Å². The second-order valence-corrected chi connectivity index (χ2v) is 7.66. The van der Waals surface area contributed by atoms with Crippen LogP contribution in [-0.2, 0) is 9.53 Å². The van der Waals surface area contributed by atoms with Gasteiger partial charge in [-0.25, -0.2) is 14.7 Å². The highest BCUT2D eigenvalue weighted by atomic mass is 16.5. The van der Waals surface area contributed by atoms with Gasteiger partial charge in [0.25, 0.3) is 0 Å². The third-order valence-corrected chi connectivity index (χ3v) is 5.59. The van der Waals surface area contributed by atoms with Crippen LogP contribution in [0.4, 0.5) is 4.79 Å². The lowest BCUT2D eigenvalue weighted by Crippen LogP contribution is -2.66. The summed E-state index contributed by atoms with van der Waals surface area (Å²) in [6, 6.07) is 18.4. The maximum Gasteiger partial charge on any atom is 0.327 e. The molecule has 3 rings (SSSR count). The second kappa shape index (κ2) is 11.2. The molecular formula is C26H30N4O3. The van der Waals surface area contributed by atoms with Gasteiger partial charge in [-0.1, -0.05) is 66.7 Å². The summed E-state index contributed by atoms with van der Waals surface area (Å²) in [6.07, 6.45) is 3.27. The lowest BCUT2D eigenvalue weighted by Gasteiger charge is -2.45. The average Bonchev–Trinajstić information content (AvgIpc) is 2.85. The van der Waals surface area contributed by atoms with Gasteiger partial charge in [0.05, 0.1) is 12.0 Å². The fraction of sp³-hybridized carbons (Fsp3) is 0.269. The van der Waals surface area contributed by atoms with Crippen LogP contribution in [0, 0.1) is 5.92 Å². The quantitative estimate of drug-likeness (QED) is 0.344. The Hall–Kier alpha value is -3.71. The summed E-state index contributed by atoms with van der Waals surface area (Å²) in [5.74, 6) is -0.502. The Balaban J connectivity index is 1.80. The number of imide groups is 1. The lowest BCUT2D eigenvalue weighted by atomic mass is 9.88. The molecule has 1 aliphatic heterocycles. The molecule has 2 aromatic rings. The summed E-state index contributed by atoms with van der Waals surface area (Å²) in [5, 5.41) is 3.02. The number of aliphatic imine (C=N–C) groups is 1. The summed E-state index contributed by atoms with van der Waals surface area (Å²) < 4.78 is 5.79. The van der Waals surface area contributed by atoms with Gasteiger partial charge in [-0.3, -0.25) is 4.79 Å². The molecule has 7 heteroatoms. The maximum absolute atomic E-state index is 13.2. The van der Waals surface area contributed by atoms with Gasteiger partial charge < -0.3 is 15.8 Å². The summed E-state index contributed by atoms with van der Waals surface area (Å²) in [4.78, 5) is 31.1. The van der Waals surface area contributed by atoms with Crippen molar-refractivity contribution in [3.63, 3.8) is 0 Å². The van der Waals surface area contributed by atoms with Crippen molar-refractivity contribution in [2.24, 2.45) is 16.6 Å². The summed E-state index contributed by atoms with van der Waals surface area (Å²) >= 11 is 0. The molecule has 2 aromatic carbocycles. The number of amides is 3. The number of hydrogen-bond donors (Lipinski definition) is 2. The number of nitrogens with one attached hydrogen (secondary N) is 1. The molecule has 33 heavy (non-hydrogen) atoms. The maximum atomic E-state index is 13.2. The molecule has 0 unspecified atom stereocenters. The number of benzene rings is 2. The minimum Gasteiger partial charge on any atom is -0.384 e. The third kappa shape index (κ3) is 5.56. The molecule has 2 atom stereocenters. The normalized spacial score (nSPS) is 18.8. The van der Waals surface area contributed by atoms with Gasteiger partial charge in [-0.2, -0.15) is 0 Å². The fourth-order valence-corrected chi connectivity index (χ4v) is 3.88. The van der Waals surface area contributed by atoms with Gasteiger partial charge >= 0.3 is 6.03 Å². The summed E-state index contributed by atoms with van der Waals surface area (Å²) in [7, 11) is 0. The van der Waals surface area contributed by atoms with Crippen LogP contribution in [0.15, 0.2) is 89.2 Å². The van der Waals surface area contributed by atoms with E-state index in [9.17, 15) is 9.59 Å². The second-order valence-electron chi connectivity index (χ2n) is 7.66. The van der Waals surface area contributed by atoms with E-state index in [0.29, 0.717) is 13.0 Å². The van der Waals surface area contributed by atoms with Crippen molar-refractivity contribution in [2.45, 2.75) is 32.5 Å². The zero-order valence-corrected chi connectivity index (χ0v) is 19.0. The van der Waals surface area contributed by atoms with Crippen LogP contribution in [0.2, 0.25) is 0 Å². The molecule has 1 aliphatic rings. The summed E-state index contributed by atoms with van der Waals surface area (Å²) in [5.41, 5.74) is 8.42. The first kappa shape index (κ1) is 23.9. The molecule has 0 spiro atoms. The van der Waals surface area contributed by atoms with Crippen LogP contribution in [0.5, 0.6) is 0 Å². The SMILES string of the molecule is C=N/C(N)=C\C(=C/C)C[C@H]1C(=O)N(C(=O)NC(c2ccccc2)c2ccccc2)[C@@H]1OCC. The van der Waals surface area contributed by atoms with Crippen LogP contribution in [0.1, 0.15) is 37.4 Å². The molecule has 0 bridgehead atoms. The Bertz CT molecular complexity index is 995. The lowest BCUT2D eigenvalue weighted by molar-refractivity contribution is -0.180. The molecule has 1 saturated heterocycles. The molecule has 0 aliphatic carbocycles. The van der Waals surface area contributed by atoms with Crippen LogP contribution < -0.4 is 11.1 Å². The van der Waals surface area contributed by atoms with E-state index in [1.807, 2.05) is 80.6 Å². The molecule has 3 amide bonds. The number of nitrogens with two attached hydrogens (primary N) is 1. The van der Waals surface area contributed by atoms with Crippen molar-refractivity contribution in [1.29, 1.82) is 0 Å². The van der Waals surface area contributed by atoms with Crippen molar-refractivity contribution in [3.05, 3.63) is 95.3 Å². The Kier molecular flexibility index (Phi) is 8.16. The number of hydrogen-bond acceptors (Lipinski definition) is 5. The topological polar surface area (TPSA) is 97.0 Å². The molecule has 0 aromatic heterocycles. The van der Waals surface area contributed by atoms with E-state index in [-0.39, 0.29) is 11.7 Å². The highest BCUT2D eigenvalue weighted by molar-refractivity contribution is 6.01. The summed E-state index contributed by atoms with van der Waals surface area (Å²) in [6.45, 7) is 7.47. The van der Waals surface area contributed by atoms with Crippen LogP contribution >= 0.6 is 0 Å². The Morgan fingerprint density at radius 2 is 1.76 bits per heavy atom. The van der Waals surface area contributed by atoms with Crippen molar-refractivity contribution >= 4 is 18.7 Å². The van der Waals surface area contributed by atoms with Gasteiger partial charge in [0, 0.05) is 6.61 Å². The van der Waals surface area contributed by atoms with E-state index in [1.165, 1.54) is 4.90 Å². The van der Waals surface area contributed by atoms with E-state index in [1.54, 1.807) is 6.08 Å². The average molecular weight is 447 g/mol. The van der Waals surface area contributed by atoms with Gasteiger partial charge in [0.15, 0.2) is 6.23 Å². The predicted octanol–water partition coefficient (Wildman–Crippen LogP) is 4.14.